The molecular weight excluding hydrogens is 238 g/mol. The van der Waals surface area contributed by atoms with Crippen molar-refractivity contribution in [3.63, 3.8) is 0 Å². The monoisotopic (exact) mass is 257 g/mol. The van der Waals surface area contributed by atoms with E-state index in [-0.39, 0.29) is 11.7 Å². The van der Waals surface area contributed by atoms with E-state index in [0.29, 0.717) is 12.2 Å². The van der Waals surface area contributed by atoms with Crippen molar-refractivity contribution in [2.24, 2.45) is 5.73 Å². The lowest BCUT2D eigenvalue weighted by atomic mass is 9.93. The summed E-state index contributed by atoms with van der Waals surface area (Å²) >= 11 is 0. The highest BCUT2D eigenvalue weighted by Crippen LogP contribution is 2.19. The number of nitrogens with two attached hydrogens (primary N) is 1. The maximum Gasteiger partial charge on any atom is 0.189 e. The van der Waals surface area contributed by atoms with Crippen molar-refractivity contribution < 1.29 is 4.79 Å². The number of hydrogen-bond acceptors (Lipinski definition) is 3. The van der Waals surface area contributed by atoms with Crippen LogP contribution in [0.15, 0.2) is 42.6 Å². The molecule has 0 amide bonds. The Labute approximate surface area is 113 Å². The highest BCUT2D eigenvalue weighted by Gasteiger charge is 2.23. The molecule has 100 valence electrons. The Morgan fingerprint density at radius 2 is 2.05 bits per heavy atom. The molecule has 1 atom stereocenters. The van der Waals surface area contributed by atoms with Gasteiger partial charge in [0.05, 0.1) is 5.92 Å². The van der Waals surface area contributed by atoms with Crippen molar-refractivity contribution in [2.45, 2.75) is 25.8 Å². The molecule has 1 aromatic carbocycles. The highest BCUT2D eigenvalue weighted by molar-refractivity contribution is 5.99. The quantitative estimate of drug-likeness (QED) is 0.807. The van der Waals surface area contributed by atoms with E-state index in [0.717, 1.165) is 18.5 Å². The first-order chi connectivity index (χ1) is 9.27. The molecule has 1 aromatic heterocycles. The van der Waals surface area contributed by atoms with Crippen LogP contribution in [0.5, 0.6) is 0 Å². The van der Waals surface area contributed by atoms with Gasteiger partial charge >= 0.3 is 0 Å². The molecule has 0 spiro atoms. The number of Topliss-reactive ketones (excluding diaryl/α,β-unsaturated/α-hetero) is 1. The van der Waals surface area contributed by atoms with Gasteiger partial charge in [0.1, 0.15) is 5.69 Å². The number of nitrogens with zero attached hydrogens (tertiary/aromatic N) is 2. The molecule has 4 heteroatoms. The summed E-state index contributed by atoms with van der Waals surface area (Å²) in [6, 6.07) is 11.4. The van der Waals surface area contributed by atoms with Gasteiger partial charge in [0, 0.05) is 19.3 Å². The average Bonchev–Trinajstić information content (AvgIpc) is 2.89. The number of aryl methyl sites for hydroxylation is 1. The van der Waals surface area contributed by atoms with Gasteiger partial charge in [0.2, 0.25) is 0 Å². The Balaban J connectivity index is 2.28. The summed E-state index contributed by atoms with van der Waals surface area (Å²) in [5.74, 6) is -0.256. The van der Waals surface area contributed by atoms with Gasteiger partial charge in [-0.25, -0.2) is 0 Å². The second kappa shape index (κ2) is 6.29. The molecule has 2 rings (SSSR count). The standard InChI is InChI=1S/C15H19N3O/c1-2-10-18-14(8-9-17-18)15(19)13(11-16)12-6-4-3-5-7-12/h3-9,13H,2,10-11,16H2,1H3. The minimum Gasteiger partial charge on any atom is -0.329 e. The van der Waals surface area contributed by atoms with Gasteiger partial charge in [-0.3, -0.25) is 9.48 Å². The molecule has 0 aliphatic carbocycles. The van der Waals surface area contributed by atoms with Crippen molar-refractivity contribution in [2.75, 3.05) is 6.54 Å². The van der Waals surface area contributed by atoms with Crippen molar-refractivity contribution >= 4 is 5.78 Å². The zero-order valence-electron chi connectivity index (χ0n) is 11.1. The van der Waals surface area contributed by atoms with Crippen molar-refractivity contribution in [3.05, 3.63) is 53.9 Å². The first-order valence-corrected chi connectivity index (χ1v) is 6.59. The minimum absolute atomic E-state index is 0.0413. The number of hydrogen-bond donors (Lipinski definition) is 1. The largest absolute Gasteiger partial charge is 0.329 e. The van der Waals surface area contributed by atoms with Crippen LogP contribution in [0.25, 0.3) is 0 Å². The third-order valence-corrected chi connectivity index (χ3v) is 3.16. The van der Waals surface area contributed by atoms with Crippen LogP contribution in [0.3, 0.4) is 0 Å². The topological polar surface area (TPSA) is 60.9 Å². The van der Waals surface area contributed by atoms with E-state index in [1.165, 1.54) is 0 Å². The summed E-state index contributed by atoms with van der Waals surface area (Å²) in [5, 5.41) is 4.19. The maximum absolute atomic E-state index is 12.6. The van der Waals surface area contributed by atoms with E-state index in [1.54, 1.807) is 16.9 Å². The summed E-state index contributed by atoms with van der Waals surface area (Å²) in [6.45, 7) is 3.12. The average molecular weight is 257 g/mol. The third kappa shape index (κ3) is 2.90. The molecule has 0 saturated carbocycles. The van der Waals surface area contributed by atoms with Gasteiger partial charge < -0.3 is 5.73 Å². The molecule has 0 saturated heterocycles. The Bertz CT molecular complexity index is 533. The van der Waals surface area contributed by atoms with E-state index in [4.69, 9.17) is 5.73 Å². The first-order valence-electron chi connectivity index (χ1n) is 6.59. The van der Waals surface area contributed by atoms with Crippen LogP contribution >= 0.6 is 0 Å². The van der Waals surface area contributed by atoms with E-state index in [9.17, 15) is 4.79 Å². The van der Waals surface area contributed by atoms with Gasteiger partial charge in [-0.1, -0.05) is 37.3 Å². The molecule has 1 heterocycles. The third-order valence-electron chi connectivity index (χ3n) is 3.16. The van der Waals surface area contributed by atoms with Gasteiger partial charge in [-0.2, -0.15) is 5.10 Å². The minimum atomic E-state index is -0.298. The fourth-order valence-electron chi connectivity index (χ4n) is 2.19. The Morgan fingerprint density at radius 1 is 1.32 bits per heavy atom. The lowest BCUT2D eigenvalue weighted by molar-refractivity contribution is 0.0951. The molecule has 0 radical (unpaired) electrons. The van der Waals surface area contributed by atoms with E-state index in [1.807, 2.05) is 30.3 Å². The first kappa shape index (κ1) is 13.5. The number of benzene rings is 1. The van der Waals surface area contributed by atoms with Gasteiger partial charge in [0.15, 0.2) is 5.78 Å². The number of rotatable bonds is 6. The second-order valence-corrected chi connectivity index (χ2v) is 4.50. The second-order valence-electron chi connectivity index (χ2n) is 4.50. The Hall–Kier alpha value is -1.94. The molecule has 4 nitrogen and oxygen atoms in total. The van der Waals surface area contributed by atoms with Crippen molar-refractivity contribution in [3.8, 4) is 0 Å². The lowest BCUT2D eigenvalue weighted by Gasteiger charge is -2.14. The fraction of sp³-hybridized carbons (Fsp3) is 0.333. The van der Waals surface area contributed by atoms with E-state index >= 15 is 0 Å². The Kier molecular flexibility index (Phi) is 4.47. The van der Waals surface area contributed by atoms with Gasteiger partial charge in [-0.15, -0.1) is 0 Å². The molecule has 1 unspecified atom stereocenters. The van der Waals surface area contributed by atoms with Crippen LogP contribution in [0.2, 0.25) is 0 Å². The normalized spacial score (nSPS) is 12.3. The number of aromatic nitrogens is 2. The predicted octanol–water partition coefficient (Wildman–Crippen LogP) is 2.22. The number of ketones is 1. The summed E-state index contributed by atoms with van der Waals surface area (Å²) in [5.41, 5.74) is 7.38. The molecule has 0 aliphatic rings. The maximum atomic E-state index is 12.6. The summed E-state index contributed by atoms with van der Waals surface area (Å²) < 4.78 is 1.76. The van der Waals surface area contributed by atoms with Gasteiger partial charge in [0.25, 0.3) is 0 Å². The summed E-state index contributed by atoms with van der Waals surface area (Å²) in [4.78, 5) is 12.6. The molecule has 19 heavy (non-hydrogen) atoms. The molecule has 0 aliphatic heterocycles. The fourth-order valence-corrected chi connectivity index (χ4v) is 2.19. The number of carbonyl (C=O) groups is 1. The Morgan fingerprint density at radius 3 is 2.68 bits per heavy atom. The van der Waals surface area contributed by atoms with E-state index in [2.05, 4.69) is 12.0 Å². The van der Waals surface area contributed by atoms with Crippen LogP contribution in [0.4, 0.5) is 0 Å². The lowest BCUT2D eigenvalue weighted by Crippen LogP contribution is -2.24. The van der Waals surface area contributed by atoms with Gasteiger partial charge in [-0.05, 0) is 18.1 Å². The molecule has 0 fully saturated rings. The van der Waals surface area contributed by atoms with Crippen LogP contribution in [0.1, 0.15) is 35.3 Å². The van der Waals surface area contributed by atoms with E-state index < -0.39 is 0 Å². The summed E-state index contributed by atoms with van der Waals surface area (Å²) in [7, 11) is 0. The van der Waals surface area contributed by atoms with Crippen molar-refractivity contribution in [1.29, 1.82) is 0 Å². The van der Waals surface area contributed by atoms with Crippen LogP contribution in [0, 0.1) is 0 Å². The smallest absolute Gasteiger partial charge is 0.189 e. The highest BCUT2D eigenvalue weighted by atomic mass is 16.1. The zero-order valence-corrected chi connectivity index (χ0v) is 11.1. The number of carbonyl (C=O) groups excluding carboxylic acids is 1. The van der Waals surface area contributed by atoms with Crippen molar-refractivity contribution in [1.82, 2.24) is 9.78 Å². The predicted molar refractivity (Wildman–Crippen MR) is 75.1 cm³/mol. The molecule has 2 N–H and O–H groups in total. The van der Waals surface area contributed by atoms with Crippen LogP contribution < -0.4 is 5.73 Å². The van der Waals surface area contributed by atoms with Crippen LogP contribution in [-0.2, 0) is 6.54 Å². The molecule has 2 aromatic rings. The molecule has 0 bridgehead atoms. The summed E-state index contributed by atoms with van der Waals surface area (Å²) in [6.07, 6.45) is 2.61. The SMILES string of the molecule is CCCn1nccc1C(=O)C(CN)c1ccccc1. The zero-order chi connectivity index (χ0) is 13.7. The molecular formula is C15H19N3O. The van der Waals surface area contributed by atoms with Crippen LogP contribution in [-0.4, -0.2) is 22.1 Å².